The highest BCUT2D eigenvalue weighted by atomic mass is 16.6. The molecular formula is C11H14BN3O2. The van der Waals surface area contributed by atoms with Crippen LogP contribution < -0.4 is 11.2 Å². The van der Waals surface area contributed by atoms with Crippen LogP contribution in [0, 0.1) is 16.7 Å². The molecule has 0 unspecified atom stereocenters. The molecule has 0 spiro atoms. The highest BCUT2D eigenvalue weighted by molar-refractivity contribution is 6.61. The van der Waals surface area contributed by atoms with Crippen LogP contribution in [0.4, 0.5) is 5.82 Å². The molecule has 1 aromatic heterocycles. The van der Waals surface area contributed by atoms with E-state index >= 15 is 0 Å². The number of aromatic nitrogens is 1. The number of rotatable bonds is 1. The zero-order valence-electron chi connectivity index (χ0n) is 9.93. The summed E-state index contributed by atoms with van der Waals surface area (Å²) < 4.78 is 11.2. The molecule has 0 radical (unpaired) electrons. The fourth-order valence-electron chi connectivity index (χ4n) is 1.59. The van der Waals surface area contributed by atoms with E-state index in [-0.39, 0.29) is 11.2 Å². The Morgan fingerprint density at radius 1 is 1.47 bits per heavy atom. The van der Waals surface area contributed by atoms with Gasteiger partial charge in [-0.2, -0.15) is 5.26 Å². The minimum absolute atomic E-state index is 0.0236. The van der Waals surface area contributed by atoms with Crippen LogP contribution in [0.2, 0.25) is 0 Å². The summed E-state index contributed by atoms with van der Waals surface area (Å²) in [4.78, 5) is 3.96. The molecule has 0 saturated carbocycles. The summed E-state index contributed by atoms with van der Waals surface area (Å²) in [6.07, 6.45) is 1.58. The zero-order chi connectivity index (χ0) is 12.5. The number of nitrogens with zero attached hydrogens (tertiary/aromatic N) is 2. The van der Waals surface area contributed by atoms with E-state index in [9.17, 15) is 0 Å². The van der Waals surface area contributed by atoms with Gasteiger partial charge in [0.15, 0.2) is 0 Å². The van der Waals surface area contributed by atoms with Gasteiger partial charge in [-0.1, -0.05) is 13.8 Å². The third kappa shape index (κ3) is 2.57. The van der Waals surface area contributed by atoms with Crippen LogP contribution in [-0.4, -0.2) is 25.3 Å². The highest BCUT2D eigenvalue weighted by Crippen LogP contribution is 2.21. The SMILES string of the molecule is CC1(C)COB(c2cnc(N)c(C#N)c2)OC1. The topological polar surface area (TPSA) is 81.2 Å². The van der Waals surface area contributed by atoms with Gasteiger partial charge >= 0.3 is 7.12 Å². The van der Waals surface area contributed by atoms with Gasteiger partial charge in [-0.15, -0.1) is 0 Å². The predicted octanol–water partition coefficient (Wildman–Crippen LogP) is 0.304. The molecule has 2 rings (SSSR count). The fourth-order valence-corrected chi connectivity index (χ4v) is 1.59. The molecule has 6 heteroatoms. The molecule has 0 atom stereocenters. The minimum atomic E-state index is -0.455. The molecule has 88 valence electrons. The Hall–Kier alpha value is -1.58. The van der Waals surface area contributed by atoms with Crippen molar-refractivity contribution in [3.8, 4) is 6.07 Å². The molecule has 1 fully saturated rings. The average molecular weight is 231 g/mol. The highest BCUT2D eigenvalue weighted by Gasteiger charge is 2.33. The Morgan fingerprint density at radius 2 is 2.12 bits per heavy atom. The maximum absolute atomic E-state index is 8.87. The Kier molecular flexibility index (Phi) is 3.05. The minimum Gasteiger partial charge on any atom is -0.407 e. The van der Waals surface area contributed by atoms with Gasteiger partial charge in [0, 0.05) is 30.3 Å². The predicted molar refractivity (Wildman–Crippen MR) is 64.4 cm³/mol. The number of nitriles is 1. The van der Waals surface area contributed by atoms with Crippen molar-refractivity contribution in [2.45, 2.75) is 13.8 Å². The zero-order valence-corrected chi connectivity index (χ0v) is 9.93. The number of hydrogen-bond acceptors (Lipinski definition) is 5. The lowest BCUT2D eigenvalue weighted by Gasteiger charge is -2.33. The lowest BCUT2D eigenvalue weighted by atomic mass is 9.76. The van der Waals surface area contributed by atoms with Crippen LogP contribution in [0.25, 0.3) is 0 Å². The second-order valence-electron chi connectivity index (χ2n) is 4.93. The van der Waals surface area contributed by atoms with E-state index in [1.165, 1.54) is 0 Å². The third-order valence-corrected chi connectivity index (χ3v) is 2.58. The van der Waals surface area contributed by atoms with E-state index in [1.54, 1.807) is 12.3 Å². The van der Waals surface area contributed by atoms with Crippen molar-refractivity contribution in [1.29, 1.82) is 5.26 Å². The standard InChI is InChI=1S/C11H14BN3O2/c1-11(2)6-16-12(17-7-11)9-3-8(4-13)10(14)15-5-9/h3,5H,6-7H2,1-2H3,(H2,14,15). The number of pyridine rings is 1. The summed E-state index contributed by atoms with van der Waals surface area (Å²) in [5.41, 5.74) is 6.66. The van der Waals surface area contributed by atoms with Gasteiger partial charge in [-0.3, -0.25) is 0 Å². The van der Waals surface area contributed by atoms with Gasteiger partial charge in [-0.05, 0) is 6.07 Å². The van der Waals surface area contributed by atoms with Crippen molar-refractivity contribution < 1.29 is 9.31 Å². The first-order valence-electron chi connectivity index (χ1n) is 5.40. The van der Waals surface area contributed by atoms with Crippen LogP contribution in [-0.2, 0) is 9.31 Å². The van der Waals surface area contributed by atoms with Gasteiger partial charge in [0.25, 0.3) is 0 Å². The first-order valence-corrected chi connectivity index (χ1v) is 5.40. The summed E-state index contributed by atoms with van der Waals surface area (Å²) in [6, 6.07) is 3.65. The van der Waals surface area contributed by atoms with Crippen molar-refractivity contribution in [2.75, 3.05) is 18.9 Å². The molecule has 0 aromatic carbocycles. The first-order chi connectivity index (χ1) is 8.02. The van der Waals surface area contributed by atoms with E-state index in [2.05, 4.69) is 18.8 Å². The fraction of sp³-hybridized carbons (Fsp3) is 0.455. The molecule has 0 aliphatic carbocycles. The maximum atomic E-state index is 8.87. The van der Waals surface area contributed by atoms with Gasteiger partial charge in [0.1, 0.15) is 11.9 Å². The molecule has 0 amide bonds. The molecule has 0 bridgehead atoms. The quantitative estimate of drug-likeness (QED) is 0.703. The Bertz CT molecular complexity index is 460. The molecule has 5 nitrogen and oxygen atoms in total. The second-order valence-corrected chi connectivity index (χ2v) is 4.93. The third-order valence-electron chi connectivity index (χ3n) is 2.58. The normalized spacial score (nSPS) is 18.8. The van der Waals surface area contributed by atoms with Crippen LogP contribution in [0.3, 0.4) is 0 Å². The van der Waals surface area contributed by atoms with E-state index in [4.69, 9.17) is 20.3 Å². The summed E-state index contributed by atoms with van der Waals surface area (Å²) >= 11 is 0. The Morgan fingerprint density at radius 3 is 2.71 bits per heavy atom. The van der Waals surface area contributed by atoms with Crippen LogP contribution in [0.1, 0.15) is 19.4 Å². The van der Waals surface area contributed by atoms with E-state index in [1.807, 2.05) is 6.07 Å². The Labute approximate surface area is 101 Å². The van der Waals surface area contributed by atoms with Crippen molar-refractivity contribution in [1.82, 2.24) is 4.98 Å². The van der Waals surface area contributed by atoms with Crippen LogP contribution in [0.15, 0.2) is 12.3 Å². The average Bonchev–Trinajstić information content (AvgIpc) is 2.30. The van der Waals surface area contributed by atoms with E-state index in [0.29, 0.717) is 18.8 Å². The second kappa shape index (κ2) is 4.36. The molecule has 17 heavy (non-hydrogen) atoms. The lowest BCUT2D eigenvalue weighted by molar-refractivity contribution is 0.0343. The van der Waals surface area contributed by atoms with E-state index < -0.39 is 7.12 Å². The van der Waals surface area contributed by atoms with Crippen LogP contribution >= 0.6 is 0 Å². The van der Waals surface area contributed by atoms with Crippen molar-refractivity contribution in [3.63, 3.8) is 0 Å². The summed E-state index contributed by atoms with van der Waals surface area (Å²) in [7, 11) is -0.455. The number of hydrogen-bond donors (Lipinski definition) is 1. The number of anilines is 1. The molecule has 2 heterocycles. The van der Waals surface area contributed by atoms with Crippen LogP contribution in [0.5, 0.6) is 0 Å². The van der Waals surface area contributed by atoms with Crippen molar-refractivity contribution >= 4 is 18.4 Å². The first kappa shape index (κ1) is 11.9. The summed E-state index contributed by atoms with van der Waals surface area (Å²) in [5.74, 6) is 0.229. The number of nitrogen functional groups attached to an aromatic ring is 1. The molecule has 1 aromatic rings. The largest absolute Gasteiger partial charge is 0.495 e. The van der Waals surface area contributed by atoms with Gasteiger partial charge in [-0.25, -0.2) is 4.98 Å². The van der Waals surface area contributed by atoms with Gasteiger partial charge < -0.3 is 15.0 Å². The number of nitrogens with two attached hydrogens (primary N) is 1. The molecule has 1 aliphatic rings. The molecular weight excluding hydrogens is 217 g/mol. The molecule has 1 saturated heterocycles. The summed E-state index contributed by atoms with van der Waals surface area (Å²) in [6.45, 7) is 5.38. The summed E-state index contributed by atoms with van der Waals surface area (Å²) in [5, 5.41) is 8.87. The lowest BCUT2D eigenvalue weighted by Crippen LogP contribution is -2.47. The van der Waals surface area contributed by atoms with E-state index in [0.717, 1.165) is 5.46 Å². The van der Waals surface area contributed by atoms with Gasteiger partial charge in [0.05, 0.1) is 5.56 Å². The van der Waals surface area contributed by atoms with Gasteiger partial charge in [0.2, 0.25) is 0 Å². The monoisotopic (exact) mass is 231 g/mol. The van der Waals surface area contributed by atoms with Crippen molar-refractivity contribution in [2.24, 2.45) is 5.41 Å². The van der Waals surface area contributed by atoms with Crippen molar-refractivity contribution in [3.05, 3.63) is 17.8 Å². The maximum Gasteiger partial charge on any atom is 0.495 e. The molecule has 2 N–H and O–H groups in total. The molecule has 1 aliphatic heterocycles. The Balaban J connectivity index is 2.17. The smallest absolute Gasteiger partial charge is 0.407 e.